The summed E-state index contributed by atoms with van der Waals surface area (Å²) < 4.78 is 0. The largest absolute Gasteiger partial charge is 0.277 e. The molecular formula is C21H13N3O2. The maximum Gasteiger partial charge on any atom is 0.261 e. The molecule has 3 heterocycles. The van der Waals surface area contributed by atoms with E-state index in [1.165, 1.54) is 7.05 Å². The smallest absolute Gasteiger partial charge is 0.261 e. The standard InChI is InChI=1S/C21H13N3O2/c1-24-20(25)16-7-6-13(10-17(16)21(24)26)15-9-14-5-4-12-3-2-8-22-18(12)19(14)23-11-15/h2-11H,1H3. The molecule has 2 aromatic heterocycles. The van der Waals surface area contributed by atoms with Crippen molar-refractivity contribution < 1.29 is 9.59 Å². The summed E-state index contributed by atoms with van der Waals surface area (Å²) in [6, 6.07) is 15.3. The molecule has 0 radical (unpaired) electrons. The second kappa shape index (κ2) is 5.20. The average Bonchev–Trinajstić information content (AvgIpc) is 2.91. The number of amides is 2. The first-order valence-electron chi connectivity index (χ1n) is 8.24. The Morgan fingerprint density at radius 2 is 1.54 bits per heavy atom. The van der Waals surface area contributed by atoms with Crippen molar-refractivity contribution in [3.63, 3.8) is 0 Å². The van der Waals surface area contributed by atoms with E-state index in [1.54, 1.807) is 24.5 Å². The summed E-state index contributed by atoms with van der Waals surface area (Å²) >= 11 is 0. The van der Waals surface area contributed by atoms with Gasteiger partial charge in [-0.1, -0.05) is 24.3 Å². The molecule has 5 heteroatoms. The van der Waals surface area contributed by atoms with E-state index < -0.39 is 0 Å². The summed E-state index contributed by atoms with van der Waals surface area (Å²) in [5.74, 6) is -0.526. The van der Waals surface area contributed by atoms with Crippen LogP contribution in [0.25, 0.3) is 32.9 Å². The van der Waals surface area contributed by atoms with Crippen molar-refractivity contribution >= 4 is 33.6 Å². The van der Waals surface area contributed by atoms with E-state index in [2.05, 4.69) is 9.97 Å². The second-order valence-corrected chi connectivity index (χ2v) is 6.37. The van der Waals surface area contributed by atoms with E-state index >= 15 is 0 Å². The maximum atomic E-state index is 12.2. The molecule has 0 saturated heterocycles. The molecule has 2 aromatic carbocycles. The third-order valence-corrected chi connectivity index (χ3v) is 4.85. The highest BCUT2D eigenvalue weighted by Gasteiger charge is 2.32. The number of hydrogen-bond acceptors (Lipinski definition) is 4. The van der Waals surface area contributed by atoms with E-state index in [1.807, 2.05) is 36.4 Å². The van der Waals surface area contributed by atoms with Crippen molar-refractivity contribution in [1.82, 2.24) is 14.9 Å². The van der Waals surface area contributed by atoms with E-state index in [0.717, 1.165) is 37.8 Å². The zero-order chi connectivity index (χ0) is 17.8. The molecule has 1 aliphatic rings. The number of pyridine rings is 2. The Labute approximate surface area is 148 Å². The van der Waals surface area contributed by atoms with Gasteiger partial charge in [0.25, 0.3) is 11.8 Å². The molecule has 1 aliphatic heterocycles. The lowest BCUT2D eigenvalue weighted by molar-refractivity contribution is 0.0693. The number of carbonyl (C=O) groups is 2. The fourth-order valence-electron chi connectivity index (χ4n) is 3.44. The summed E-state index contributed by atoms with van der Waals surface area (Å²) in [6.45, 7) is 0. The van der Waals surface area contributed by atoms with Gasteiger partial charge in [0.2, 0.25) is 0 Å². The first-order chi connectivity index (χ1) is 12.6. The van der Waals surface area contributed by atoms with Crippen molar-refractivity contribution in [3.8, 4) is 11.1 Å². The first kappa shape index (κ1) is 14.7. The summed E-state index contributed by atoms with van der Waals surface area (Å²) in [5, 5.41) is 2.03. The minimum atomic E-state index is -0.268. The predicted molar refractivity (Wildman–Crippen MR) is 98.9 cm³/mol. The lowest BCUT2D eigenvalue weighted by atomic mass is 10.00. The van der Waals surface area contributed by atoms with Crippen molar-refractivity contribution in [2.24, 2.45) is 0 Å². The number of aromatic nitrogens is 2. The normalized spacial score (nSPS) is 13.7. The van der Waals surface area contributed by atoms with Gasteiger partial charge in [-0.15, -0.1) is 0 Å². The van der Waals surface area contributed by atoms with Crippen LogP contribution < -0.4 is 0 Å². The zero-order valence-electron chi connectivity index (χ0n) is 13.9. The SMILES string of the molecule is CN1C(=O)c2ccc(-c3cnc4c(ccc5cccnc54)c3)cc2C1=O. The topological polar surface area (TPSA) is 63.2 Å². The van der Waals surface area contributed by atoms with Gasteiger partial charge in [0, 0.05) is 35.8 Å². The van der Waals surface area contributed by atoms with Crippen LogP contribution in [0.1, 0.15) is 20.7 Å². The van der Waals surface area contributed by atoms with Gasteiger partial charge in [-0.05, 0) is 29.8 Å². The third kappa shape index (κ3) is 1.97. The summed E-state index contributed by atoms with van der Waals surface area (Å²) in [4.78, 5) is 34.5. The molecule has 0 aliphatic carbocycles. The number of nitrogens with zero attached hydrogens (tertiary/aromatic N) is 3. The van der Waals surface area contributed by atoms with Crippen LogP contribution in [0.3, 0.4) is 0 Å². The molecule has 4 aromatic rings. The molecule has 0 unspecified atom stereocenters. The van der Waals surface area contributed by atoms with Gasteiger partial charge in [-0.2, -0.15) is 0 Å². The molecule has 5 rings (SSSR count). The number of imide groups is 1. The third-order valence-electron chi connectivity index (χ3n) is 4.85. The minimum Gasteiger partial charge on any atom is -0.277 e. The molecule has 0 spiro atoms. The van der Waals surface area contributed by atoms with E-state index in [9.17, 15) is 9.59 Å². The Balaban J connectivity index is 1.68. The van der Waals surface area contributed by atoms with Crippen LogP contribution in [0.2, 0.25) is 0 Å². The van der Waals surface area contributed by atoms with Crippen LogP contribution >= 0.6 is 0 Å². The van der Waals surface area contributed by atoms with Crippen molar-refractivity contribution in [2.75, 3.05) is 7.05 Å². The van der Waals surface area contributed by atoms with Gasteiger partial charge < -0.3 is 0 Å². The molecule has 2 amide bonds. The number of carbonyl (C=O) groups excluding carboxylic acids is 2. The molecule has 0 N–H and O–H groups in total. The average molecular weight is 339 g/mol. The van der Waals surface area contributed by atoms with Crippen LogP contribution in [0.4, 0.5) is 0 Å². The van der Waals surface area contributed by atoms with Gasteiger partial charge >= 0.3 is 0 Å². The fourth-order valence-corrected chi connectivity index (χ4v) is 3.44. The highest BCUT2D eigenvalue weighted by molar-refractivity contribution is 6.21. The highest BCUT2D eigenvalue weighted by atomic mass is 16.2. The van der Waals surface area contributed by atoms with Gasteiger partial charge in [0.05, 0.1) is 22.2 Å². The number of fused-ring (bicyclic) bond motifs is 4. The van der Waals surface area contributed by atoms with Crippen LogP contribution in [0.15, 0.2) is 60.9 Å². The lowest BCUT2D eigenvalue weighted by Gasteiger charge is -2.07. The van der Waals surface area contributed by atoms with Crippen LogP contribution in [-0.2, 0) is 0 Å². The molecule has 0 atom stereocenters. The van der Waals surface area contributed by atoms with Gasteiger partial charge in [0.15, 0.2) is 0 Å². The number of benzene rings is 2. The number of hydrogen-bond donors (Lipinski definition) is 0. The van der Waals surface area contributed by atoms with Gasteiger partial charge in [-0.25, -0.2) is 0 Å². The zero-order valence-corrected chi connectivity index (χ0v) is 13.9. The Morgan fingerprint density at radius 3 is 2.42 bits per heavy atom. The molecule has 0 bridgehead atoms. The molecule has 26 heavy (non-hydrogen) atoms. The molecular weight excluding hydrogens is 326 g/mol. The highest BCUT2D eigenvalue weighted by Crippen LogP contribution is 2.30. The monoisotopic (exact) mass is 339 g/mol. The molecule has 0 saturated carbocycles. The van der Waals surface area contributed by atoms with Gasteiger partial charge in [-0.3, -0.25) is 24.5 Å². The van der Waals surface area contributed by atoms with Crippen molar-refractivity contribution in [3.05, 3.63) is 72.1 Å². The van der Waals surface area contributed by atoms with E-state index in [0.29, 0.717) is 11.1 Å². The molecule has 124 valence electrons. The predicted octanol–water partition coefficient (Wildman–Crippen LogP) is 3.68. The Morgan fingerprint density at radius 1 is 0.769 bits per heavy atom. The Kier molecular flexibility index (Phi) is 2.94. The summed E-state index contributed by atoms with van der Waals surface area (Å²) in [7, 11) is 1.50. The summed E-state index contributed by atoms with van der Waals surface area (Å²) in [5.41, 5.74) is 4.36. The maximum absolute atomic E-state index is 12.2. The number of rotatable bonds is 1. The van der Waals surface area contributed by atoms with Crippen LogP contribution in [0, 0.1) is 0 Å². The van der Waals surface area contributed by atoms with Crippen molar-refractivity contribution in [1.29, 1.82) is 0 Å². The lowest BCUT2D eigenvalue weighted by Crippen LogP contribution is -2.24. The minimum absolute atomic E-state index is 0.259. The van der Waals surface area contributed by atoms with Gasteiger partial charge in [0.1, 0.15) is 0 Å². The Bertz CT molecular complexity index is 1250. The second-order valence-electron chi connectivity index (χ2n) is 6.37. The summed E-state index contributed by atoms with van der Waals surface area (Å²) in [6.07, 6.45) is 3.54. The fraction of sp³-hybridized carbons (Fsp3) is 0.0476. The quantitative estimate of drug-likeness (QED) is 0.392. The van der Waals surface area contributed by atoms with Crippen LogP contribution in [0.5, 0.6) is 0 Å². The van der Waals surface area contributed by atoms with E-state index in [4.69, 9.17) is 0 Å². The van der Waals surface area contributed by atoms with Crippen molar-refractivity contribution in [2.45, 2.75) is 0 Å². The van der Waals surface area contributed by atoms with Crippen LogP contribution in [-0.4, -0.2) is 33.7 Å². The molecule has 0 fully saturated rings. The molecule has 5 nitrogen and oxygen atoms in total. The Hall–Kier alpha value is -3.60. The first-order valence-corrected chi connectivity index (χ1v) is 8.24. The van der Waals surface area contributed by atoms with E-state index in [-0.39, 0.29) is 11.8 Å².